The number of rotatable bonds is 3. The first-order valence-electron chi connectivity index (χ1n) is 6.67. The van der Waals surface area contributed by atoms with Crippen molar-refractivity contribution in [1.29, 1.82) is 0 Å². The molecular formula is C17H12FN3O. The van der Waals surface area contributed by atoms with Gasteiger partial charge in [-0.25, -0.2) is 14.4 Å². The molecule has 3 rings (SSSR count). The lowest BCUT2D eigenvalue weighted by Crippen LogP contribution is -2.12. The summed E-state index contributed by atoms with van der Waals surface area (Å²) in [5, 5.41) is 2.74. The zero-order chi connectivity index (χ0) is 15.4. The van der Waals surface area contributed by atoms with Gasteiger partial charge in [0.25, 0.3) is 5.91 Å². The van der Waals surface area contributed by atoms with Crippen LogP contribution in [0, 0.1) is 5.82 Å². The number of benzene rings is 2. The number of aromatic nitrogens is 2. The van der Waals surface area contributed by atoms with Crippen molar-refractivity contribution >= 4 is 11.6 Å². The molecule has 1 N–H and O–H groups in total. The molecule has 0 saturated heterocycles. The van der Waals surface area contributed by atoms with Crippen molar-refractivity contribution in [2.75, 3.05) is 5.32 Å². The minimum absolute atomic E-state index is 0.245. The maximum absolute atomic E-state index is 13.7. The molecule has 0 spiro atoms. The molecule has 1 aromatic heterocycles. The number of hydrogen-bond donors (Lipinski definition) is 1. The fourth-order valence-corrected chi connectivity index (χ4v) is 1.95. The minimum Gasteiger partial charge on any atom is -0.322 e. The number of amides is 1. The molecule has 0 aliphatic carbocycles. The second-order valence-corrected chi connectivity index (χ2v) is 4.60. The van der Waals surface area contributed by atoms with E-state index >= 15 is 0 Å². The summed E-state index contributed by atoms with van der Waals surface area (Å²) in [6, 6.07) is 15.3. The Morgan fingerprint density at radius 1 is 0.909 bits per heavy atom. The van der Waals surface area contributed by atoms with Gasteiger partial charge in [0, 0.05) is 18.1 Å². The van der Waals surface area contributed by atoms with Crippen LogP contribution in [0.4, 0.5) is 10.1 Å². The van der Waals surface area contributed by atoms with E-state index < -0.39 is 5.82 Å². The molecule has 5 heteroatoms. The van der Waals surface area contributed by atoms with E-state index in [1.807, 2.05) is 18.2 Å². The Balaban J connectivity index is 1.80. The number of carbonyl (C=O) groups is 1. The summed E-state index contributed by atoms with van der Waals surface area (Å²) in [7, 11) is 0. The lowest BCUT2D eigenvalue weighted by Gasteiger charge is -2.05. The molecule has 0 bridgehead atoms. The van der Waals surface area contributed by atoms with Crippen LogP contribution in [0.3, 0.4) is 0 Å². The highest BCUT2D eigenvalue weighted by atomic mass is 19.1. The summed E-state index contributed by atoms with van der Waals surface area (Å²) in [4.78, 5) is 20.2. The van der Waals surface area contributed by atoms with Crippen molar-refractivity contribution in [2.24, 2.45) is 0 Å². The van der Waals surface area contributed by atoms with Gasteiger partial charge >= 0.3 is 0 Å². The van der Waals surface area contributed by atoms with E-state index in [1.54, 1.807) is 30.3 Å². The fraction of sp³-hybridized carbons (Fsp3) is 0. The fourth-order valence-electron chi connectivity index (χ4n) is 1.95. The van der Waals surface area contributed by atoms with Crippen molar-refractivity contribution in [1.82, 2.24) is 9.97 Å². The first-order valence-corrected chi connectivity index (χ1v) is 6.67. The quantitative estimate of drug-likeness (QED) is 0.803. The molecular weight excluding hydrogens is 281 g/mol. The molecule has 1 heterocycles. The summed E-state index contributed by atoms with van der Waals surface area (Å²) >= 11 is 0. The smallest absolute Gasteiger partial charge is 0.258 e. The van der Waals surface area contributed by atoms with Crippen molar-refractivity contribution < 1.29 is 9.18 Å². The zero-order valence-corrected chi connectivity index (χ0v) is 11.5. The predicted molar refractivity (Wildman–Crippen MR) is 81.8 cm³/mol. The van der Waals surface area contributed by atoms with Gasteiger partial charge in [0.2, 0.25) is 0 Å². The Hall–Kier alpha value is -3.08. The molecule has 0 saturated carbocycles. The van der Waals surface area contributed by atoms with Crippen LogP contribution in [0.1, 0.15) is 10.4 Å². The number of para-hydroxylation sites is 1. The van der Waals surface area contributed by atoms with Gasteiger partial charge in [-0.05, 0) is 24.3 Å². The highest BCUT2D eigenvalue weighted by molar-refractivity contribution is 6.03. The average Bonchev–Trinajstić information content (AvgIpc) is 2.56. The third kappa shape index (κ3) is 2.98. The van der Waals surface area contributed by atoms with Crippen molar-refractivity contribution in [2.45, 2.75) is 0 Å². The van der Waals surface area contributed by atoms with Gasteiger partial charge in [0.1, 0.15) is 5.82 Å². The third-order valence-corrected chi connectivity index (χ3v) is 3.06. The van der Waals surface area contributed by atoms with E-state index in [0.717, 1.165) is 0 Å². The summed E-state index contributed by atoms with van der Waals surface area (Å²) in [6.07, 6.45) is 2.76. The summed E-state index contributed by atoms with van der Waals surface area (Å²) in [5.41, 5.74) is 1.30. The number of anilines is 1. The largest absolute Gasteiger partial charge is 0.322 e. The van der Waals surface area contributed by atoms with Gasteiger partial charge in [-0.1, -0.05) is 30.3 Å². The van der Waals surface area contributed by atoms with Crippen molar-refractivity contribution in [3.05, 3.63) is 78.4 Å². The summed E-state index contributed by atoms with van der Waals surface area (Å²) in [6.45, 7) is 0. The lowest BCUT2D eigenvalue weighted by atomic mass is 10.2. The Labute approximate surface area is 126 Å². The maximum Gasteiger partial charge on any atom is 0.258 e. The Morgan fingerprint density at radius 3 is 2.23 bits per heavy atom. The molecule has 4 nitrogen and oxygen atoms in total. The lowest BCUT2D eigenvalue weighted by molar-refractivity contribution is 0.102. The van der Waals surface area contributed by atoms with Crippen LogP contribution >= 0.6 is 0 Å². The molecule has 108 valence electrons. The zero-order valence-electron chi connectivity index (χ0n) is 11.5. The molecule has 0 radical (unpaired) electrons. The molecule has 0 fully saturated rings. The number of hydrogen-bond acceptors (Lipinski definition) is 3. The highest BCUT2D eigenvalue weighted by Gasteiger charge is 2.10. The van der Waals surface area contributed by atoms with Crippen LogP contribution in [0.15, 0.2) is 67.0 Å². The molecule has 0 aliphatic heterocycles. The Morgan fingerprint density at radius 2 is 1.55 bits per heavy atom. The van der Waals surface area contributed by atoms with Gasteiger partial charge < -0.3 is 5.32 Å². The number of nitrogens with one attached hydrogen (secondary N) is 1. The van der Waals surface area contributed by atoms with E-state index in [2.05, 4.69) is 15.3 Å². The van der Waals surface area contributed by atoms with Gasteiger partial charge in [-0.2, -0.15) is 0 Å². The average molecular weight is 293 g/mol. The predicted octanol–water partition coefficient (Wildman–Crippen LogP) is 3.54. The van der Waals surface area contributed by atoms with Crippen LogP contribution in [0.2, 0.25) is 0 Å². The standard InChI is InChI=1S/C17H12FN3O/c18-15-9-5-4-8-14(15)16-19-10-12(11-20-16)17(22)21-13-6-2-1-3-7-13/h1-11H,(H,21,22). The summed E-state index contributed by atoms with van der Waals surface area (Å²) < 4.78 is 13.7. The molecule has 3 aromatic rings. The van der Waals surface area contributed by atoms with E-state index in [1.165, 1.54) is 18.5 Å². The molecule has 0 aliphatic rings. The van der Waals surface area contributed by atoms with Gasteiger partial charge in [0.05, 0.1) is 11.1 Å². The third-order valence-electron chi connectivity index (χ3n) is 3.06. The molecule has 1 amide bonds. The Kier molecular flexibility index (Phi) is 3.87. The van der Waals surface area contributed by atoms with Crippen LogP contribution in [-0.4, -0.2) is 15.9 Å². The van der Waals surface area contributed by atoms with Gasteiger partial charge in [-0.15, -0.1) is 0 Å². The second-order valence-electron chi connectivity index (χ2n) is 4.60. The Bertz CT molecular complexity index is 789. The van der Waals surface area contributed by atoms with E-state index in [4.69, 9.17) is 0 Å². The van der Waals surface area contributed by atoms with Crippen LogP contribution in [0.5, 0.6) is 0 Å². The second kappa shape index (κ2) is 6.13. The first kappa shape index (κ1) is 13.9. The molecule has 0 atom stereocenters. The topological polar surface area (TPSA) is 54.9 Å². The number of halogens is 1. The number of nitrogens with zero attached hydrogens (tertiary/aromatic N) is 2. The highest BCUT2D eigenvalue weighted by Crippen LogP contribution is 2.18. The minimum atomic E-state index is -0.399. The van der Waals surface area contributed by atoms with Crippen LogP contribution in [0.25, 0.3) is 11.4 Å². The van der Waals surface area contributed by atoms with Crippen LogP contribution < -0.4 is 5.32 Å². The molecule has 22 heavy (non-hydrogen) atoms. The molecule has 2 aromatic carbocycles. The normalized spacial score (nSPS) is 10.2. The van der Waals surface area contributed by atoms with Gasteiger partial charge in [0.15, 0.2) is 5.82 Å². The first-order chi connectivity index (χ1) is 10.7. The maximum atomic E-state index is 13.7. The SMILES string of the molecule is O=C(Nc1ccccc1)c1cnc(-c2ccccc2F)nc1. The van der Waals surface area contributed by atoms with Crippen molar-refractivity contribution in [3.8, 4) is 11.4 Å². The van der Waals surface area contributed by atoms with E-state index in [0.29, 0.717) is 16.8 Å². The number of carbonyl (C=O) groups excluding carboxylic acids is 1. The molecule has 0 unspecified atom stereocenters. The van der Waals surface area contributed by atoms with Crippen molar-refractivity contribution in [3.63, 3.8) is 0 Å². The van der Waals surface area contributed by atoms with Crippen LogP contribution in [-0.2, 0) is 0 Å². The monoisotopic (exact) mass is 293 g/mol. The van der Waals surface area contributed by atoms with E-state index in [-0.39, 0.29) is 11.7 Å². The summed E-state index contributed by atoms with van der Waals surface area (Å²) in [5.74, 6) is -0.468. The van der Waals surface area contributed by atoms with E-state index in [9.17, 15) is 9.18 Å². The van der Waals surface area contributed by atoms with Gasteiger partial charge in [-0.3, -0.25) is 4.79 Å².